The van der Waals surface area contributed by atoms with Gasteiger partial charge in [0.1, 0.15) is 11.4 Å². The molecule has 1 nitrogen and oxygen atoms in total. The van der Waals surface area contributed by atoms with Crippen LogP contribution in [0.5, 0.6) is 5.75 Å². The van der Waals surface area contributed by atoms with E-state index in [4.69, 9.17) is 4.74 Å². The highest BCUT2D eigenvalue weighted by atomic mass is 16.5. The molecule has 0 aliphatic rings. The van der Waals surface area contributed by atoms with Crippen LogP contribution in [0.1, 0.15) is 66.9 Å². The summed E-state index contributed by atoms with van der Waals surface area (Å²) in [6.07, 6.45) is 7.84. The van der Waals surface area contributed by atoms with Crippen LogP contribution in [0.15, 0.2) is 61.2 Å². The van der Waals surface area contributed by atoms with Gasteiger partial charge in [-0.25, -0.2) is 0 Å². The molecular weight excluding hydrogens is 316 g/mol. The van der Waals surface area contributed by atoms with E-state index in [9.17, 15) is 0 Å². The smallest absolute Gasteiger partial charge is 0.120 e. The normalized spacial score (nSPS) is 14.2. The van der Waals surface area contributed by atoms with Crippen molar-refractivity contribution in [2.75, 3.05) is 0 Å². The van der Waals surface area contributed by atoms with Gasteiger partial charge in [-0.3, -0.25) is 0 Å². The first-order valence-corrected chi connectivity index (χ1v) is 9.75. The highest BCUT2D eigenvalue weighted by molar-refractivity contribution is 5.33. The van der Waals surface area contributed by atoms with Gasteiger partial charge in [0.05, 0.1) is 0 Å². The van der Waals surface area contributed by atoms with Gasteiger partial charge in [0.15, 0.2) is 0 Å². The van der Waals surface area contributed by atoms with Crippen molar-refractivity contribution in [2.24, 2.45) is 11.8 Å². The standard InChI is InChI=1S/C25H38O/c1-10-13-21(11-2)20(5)18-25(8,9)26-23-15-12-14-22(16-23)24(6,7)17-19(3)4/h10-16,19-20H,1-2,17-18H2,3-9H3/b21-13+. The molecule has 0 amide bonds. The lowest BCUT2D eigenvalue weighted by Gasteiger charge is -2.32. The van der Waals surface area contributed by atoms with Crippen LogP contribution < -0.4 is 4.74 Å². The van der Waals surface area contributed by atoms with Crippen molar-refractivity contribution in [3.05, 3.63) is 66.8 Å². The number of benzene rings is 1. The minimum Gasteiger partial charge on any atom is -0.488 e. The lowest BCUT2D eigenvalue weighted by atomic mass is 9.78. The molecule has 1 rings (SSSR count). The average Bonchev–Trinajstić information content (AvgIpc) is 2.50. The van der Waals surface area contributed by atoms with Gasteiger partial charge in [0.25, 0.3) is 0 Å². The van der Waals surface area contributed by atoms with Crippen molar-refractivity contribution in [3.8, 4) is 5.75 Å². The van der Waals surface area contributed by atoms with Crippen LogP contribution in [0.4, 0.5) is 0 Å². The van der Waals surface area contributed by atoms with Crippen LogP contribution in [-0.4, -0.2) is 5.60 Å². The van der Waals surface area contributed by atoms with Gasteiger partial charge in [-0.15, -0.1) is 0 Å². The van der Waals surface area contributed by atoms with E-state index < -0.39 is 0 Å². The fourth-order valence-electron chi connectivity index (χ4n) is 3.90. The molecule has 0 spiro atoms. The summed E-state index contributed by atoms with van der Waals surface area (Å²) < 4.78 is 6.40. The van der Waals surface area contributed by atoms with Crippen molar-refractivity contribution in [1.82, 2.24) is 0 Å². The van der Waals surface area contributed by atoms with E-state index in [1.807, 2.05) is 18.2 Å². The second-order valence-electron chi connectivity index (χ2n) is 9.08. The summed E-state index contributed by atoms with van der Waals surface area (Å²) in [5, 5.41) is 0. The van der Waals surface area contributed by atoms with E-state index in [0.717, 1.165) is 18.6 Å². The summed E-state index contributed by atoms with van der Waals surface area (Å²) >= 11 is 0. The zero-order chi connectivity index (χ0) is 20.0. The summed E-state index contributed by atoms with van der Waals surface area (Å²) in [6.45, 7) is 23.4. The number of hydrogen-bond acceptors (Lipinski definition) is 1. The Morgan fingerprint density at radius 3 is 2.27 bits per heavy atom. The Bertz CT molecular complexity index is 631. The van der Waals surface area contributed by atoms with Crippen LogP contribution in [0, 0.1) is 11.8 Å². The topological polar surface area (TPSA) is 9.23 Å². The molecular formula is C25H38O. The fourth-order valence-corrected chi connectivity index (χ4v) is 3.90. The second kappa shape index (κ2) is 9.26. The molecule has 1 atom stereocenters. The first kappa shape index (κ1) is 22.3. The SMILES string of the molecule is C=C/C=C(\C=C)C(C)CC(C)(C)Oc1cccc(C(C)(C)CC(C)C)c1. The van der Waals surface area contributed by atoms with Gasteiger partial charge in [-0.2, -0.15) is 0 Å². The number of allylic oxidation sites excluding steroid dienone is 4. The molecule has 0 aromatic heterocycles. The molecule has 0 bridgehead atoms. The third-order valence-electron chi connectivity index (χ3n) is 4.84. The first-order valence-electron chi connectivity index (χ1n) is 9.75. The van der Waals surface area contributed by atoms with E-state index in [-0.39, 0.29) is 11.0 Å². The quantitative estimate of drug-likeness (QED) is 0.395. The molecule has 0 N–H and O–H groups in total. The highest BCUT2D eigenvalue weighted by Gasteiger charge is 2.26. The van der Waals surface area contributed by atoms with Gasteiger partial charge < -0.3 is 4.74 Å². The maximum Gasteiger partial charge on any atom is 0.120 e. The maximum absolute atomic E-state index is 6.40. The Labute approximate surface area is 161 Å². The Balaban J connectivity index is 2.93. The molecule has 0 aliphatic heterocycles. The molecule has 0 fully saturated rings. The zero-order valence-corrected chi connectivity index (χ0v) is 17.9. The van der Waals surface area contributed by atoms with Crippen molar-refractivity contribution in [1.29, 1.82) is 0 Å². The molecule has 1 unspecified atom stereocenters. The predicted octanol–water partition coefficient (Wildman–Crippen LogP) is 7.49. The van der Waals surface area contributed by atoms with Gasteiger partial charge in [-0.05, 0) is 67.2 Å². The molecule has 144 valence electrons. The molecule has 0 radical (unpaired) electrons. The number of rotatable bonds is 10. The van der Waals surface area contributed by atoms with E-state index in [1.165, 1.54) is 11.1 Å². The number of hydrogen-bond donors (Lipinski definition) is 0. The molecule has 0 aliphatic carbocycles. The molecule has 1 heteroatoms. The van der Waals surface area contributed by atoms with Crippen molar-refractivity contribution in [2.45, 2.75) is 72.3 Å². The monoisotopic (exact) mass is 354 g/mol. The lowest BCUT2D eigenvalue weighted by molar-refractivity contribution is 0.0877. The van der Waals surface area contributed by atoms with Crippen molar-refractivity contribution < 1.29 is 4.74 Å². The fraction of sp³-hybridized carbons (Fsp3) is 0.520. The minimum absolute atomic E-state index is 0.147. The van der Waals surface area contributed by atoms with Gasteiger partial charge in [0, 0.05) is 0 Å². The maximum atomic E-state index is 6.40. The molecule has 0 saturated carbocycles. The zero-order valence-electron chi connectivity index (χ0n) is 17.9. The molecule has 1 aromatic rings. The van der Waals surface area contributed by atoms with Crippen molar-refractivity contribution >= 4 is 0 Å². The van der Waals surface area contributed by atoms with Crippen molar-refractivity contribution in [3.63, 3.8) is 0 Å². The third kappa shape index (κ3) is 6.86. The van der Waals surface area contributed by atoms with Crippen LogP contribution in [0.25, 0.3) is 0 Å². The first-order chi connectivity index (χ1) is 12.0. The van der Waals surface area contributed by atoms with Crippen LogP contribution in [0.2, 0.25) is 0 Å². The Kier molecular flexibility index (Phi) is 7.93. The van der Waals surface area contributed by atoms with Crippen LogP contribution >= 0.6 is 0 Å². The summed E-state index contributed by atoms with van der Waals surface area (Å²) in [5.41, 5.74) is 2.42. The van der Waals surface area contributed by atoms with Crippen LogP contribution in [-0.2, 0) is 5.41 Å². The predicted molar refractivity (Wildman–Crippen MR) is 116 cm³/mol. The Hall–Kier alpha value is -1.76. The van der Waals surface area contributed by atoms with E-state index in [1.54, 1.807) is 0 Å². The molecule has 1 aromatic carbocycles. The van der Waals surface area contributed by atoms with E-state index >= 15 is 0 Å². The van der Waals surface area contributed by atoms with E-state index in [0.29, 0.717) is 11.8 Å². The van der Waals surface area contributed by atoms with Crippen LogP contribution in [0.3, 0.4) is 0 Å². The lowest BCUT2D eigenvalue weighted by Crippen LogP contribution is -2.31. The number of ether oxygens (including phenoxy) is 1. The van der Waals surface area contributed by atoms with E-state index in [2.05, 4.69) is 85.9 Å². The van der Waals surface area contributed by atoms with Gasteiger partial charge >= 0.3 is 0 Å². The molecule has 0 saturated heterocycles. The Morgan fingerprint density at radius 2 is 1.73 bits per heavy atom. The minimum atomic E-state index is -0.260. The molecule has 26 heavy (non-hydrogen) atoms. The highest BCUT2D eigenvalue weighted by Crippen LogP contribution is 2.34. The van der Waals surface area contributed by atoms with Gasteiger partial charge in [-0.1, -0.05) is 78.1 Å². The summed E-state index contributed by atoms with van der Waals surface area (Å²) in [5.74, 6) is 1.98. The van der Waals surface area contributed by atoms with Gasteiger partial charge in [0.2, 0.25) is 0 Å². The molecule has 0 heterocycles. The Morgan fingerprint density at radius 1 is 1.08 bits per heavy atom. The largest absolute Gasteiger partial charge is 0.488 e. The summed E-state index contributed by atoms with van der Waals surface area (Å²) in [4.78, 5) is 0. The average molecular weight is 355 g/mol. The third-order valence-corrected chi connectivity index (χ3v) is 4.84. The summed E-state index contributed by atoms with van der Waals surface area (Å²) in [6, 6.07) is 8.60. The summed E-state index contributed by atoms with van der Waals surface area (Å²) in [7, 11) is 0. The second-order valence-corrected chi connectivity index (χ2v) is 9.08.